The van der Waals surface area contributed by atoms with Crippen LogP contribution in [0.25, 0.3) is 0 Å². The van der Waals surface area contributed by atoms with E-state index in [1.54, 1.807) is 0 Å². The maximum Gasteiger partial charge on any atom is 0 e. The molecule has 0 aliphatic heterocycles. The average molecular weight is 211 g/mol. The first kappa shape index (κ1) is 15.6. The zero-order valence-corrected chi connectivity index (χ0v) is 6.79. The molecule has 0 aromatic heterocycles. The van der Waals surface area contributed by atoms with Crippen molar-refractivity contribution >= 4 is 0 Å². The summed E-state index contributed by atoms with van der Waals surface area (Å²) in [5.41, 5.74) is 0. The van der Waals surface area contributed by atoms with Crippen molar-refractivity contribution in [2.24, 2.45) is 0 Å². The van der Waals surface area contributed by atoms with Crippen molar-refractivity contribution in [1.29, 1.82) is 0 Å². The van der Waals surface area contributed by atoms with E-state index in [-0.39, 0.29) is 32.8 Å². The molecule has 7 heavy (non-hydrogen) atoms. The van der Waals surface area contributed by atoms with Gasteiger partial charge in [0, 0.05) is 20.4 Å². The quantitative estimate of drug-likeness (QED) is 0.477. The van der Waals surface area contributed by atoms with Crippen LogP contribution in [-0.4, -0.2) is 0 Å². The van der Waals surface area contributed by atoms with Crippen LogP contribution in [-0.2, 0) is 20.4 Å². The fourth-order valence-electron chi connectivity index (χ4n) is 0. The second kappa shape index (κ2) is 9.85. The van der Waals surface area contributed by atoms with Crippen LogP contribution >= 0.6 is 0 Å². The second-order valence-electron chi connectivity index (χ2n) is 1.28. The molecule has 47 valence electrons. The molecule has 0 saturated heterocycles. The van der Waals surface area contributed by atoms with Crippen LogP contribution in [0.15, 0.2) is 12.7 Å². The molecule has 0 aromatic carbocycles. The Labute approximate surface area is 65.4 Å². The van der Waals surface area contributed by atoms with Crippen molar-refractivity contribution in [3.8, 4) is 0 Å². The van der Waals surface area contributed by atoms with Gasteiger partial charge in [-0.2, -0.15) is 0 Å². The van der Waals surface area contributed by atoms with E-state index in [0.717, 1.165) is 0 Å². The van der Waals surface area contributed by atoms with Gasteiger partial charge in [-0.15, -0.1) is 6.58 Å². The minimum atomic E-state index is 0. The van der Waals surface area contributed by atoms with Gasteiger partial charge < -0.3 is 12.4 Å². The Hall–Kier alpha value is 0.692. The molecule has 0 rings (SSSR count). The van der Waals surface area contributed by atoms with Gasteiger partial charge in [0.25, 0.3) is 0 Å². The van der Waals surface area contributed by atoms with Crippen molar-refractivity contribution in [2.45, 2.75) is 13.8 Å². The third-order valence-corrected chi connectivity index (χ3v) is 0.408. The summed E-state index contributed by atoms with van der Waals surface area (Å²) in [5, 5.41) is 0. The first-order valence-electron chi connectivity index (χ1n) is 1.70. The zero-order chi connectivity index (χ0) is 4.28. The summed E-state index contributed by atoms with van der Waals surface area (Å²) in [6, 6.07) is 0. The number of hydrogen-bond donors (Lipinski definition) is 0. The smallest absolute Gasteiger partial charge is 0 e. The normalized spacial score (nSPS) is 6.14. The Morgan fingerprint density at radius 1 is 1.43 bits per heavy atom. The van der Waals surface area contributed by atoms with E-state index < -0.39 is 0 Å². The summed E-state index contributed by atoms with van der Waals surface area (Å²) >= 11 is 0. The zero-order valence-electron chi connectivity index (χ0n) is 4.48. The molecule has 0 N–H and O–H groups in total. The van der Waals surface area contributed by atoms with E-state index in [2.05, 4.69) is 6.58 Å². The summed E-state index contributed by atoms with van der Waals surface area (Å²) in [7, 11) is 0. The van der Waals surface area contributed by atoms with Crippen molar-refractivity contribution < 1.29 is 32.8 Å². The number of allylic oxidation sites excluding steroid dienone is 1. The summed E-state index contributed by atoms with van der Waals surface area (Å²) in [6.07, 6.45) is 1.83. The fourth-order valence-corrected chi connectivity index (χ4v) is 0. The number of hydrogen-bond acceptors (Lipinski definition) is 0. The van der Waals surface area contributed by atoms with E-state index >= 15 is 0 Å². The van der Waals surface area contributed by atoms with Gasteiger partial charge in [-0.25, -0.2) is 0 Å². The second-order valence-corrected chi connectivity index (χ2v) is 1.28. The van der Waals surface area contributed by atoms with Crippen LogP contribution in [0.1, 0.15) is 13.8 Å². The summed E-state index contributed by atoms with van der Waals surface area (Å²) in [6.45, 7) is 7.56. The van der Waals surface area contributed by atoms with E-state index in [4.69, 9.17) is 0 Å². The Bertz CT molecular complexity index is 35.1. The van der Waals surface area contributed by atoms with E-state index in [1.807, 2.05) is 19.9 Å². The standard InChI is InChI=1S/C5H9.ClH.Pd/c1-4-5(2)3;;/h4H,1H2,2-3H3;1H;/p-1. The topological polar surface area (TPSA) is 0 Å². The van der Waals surface area contributed by atoms with Gasteiger partial charge >= 0.3 is 0 Å². The molecule has 0 saturated carbocycles. The van der Waals surface area contributed by atoms with Crippen molar-refractivity contribution in [3.05, 3.63) is 18.6 Å². The van der Waals surface area contributed by atoms with Gasteiger partial charge in [0.1, 0.15) is 0 Å². The van der Waals surface area contributed by atoms with Crippen LogP contribution in [0.5, 0.6) is 0 Å². The third kappa shape index (κ3) is 20.3. The van der Waals surface area contributed by atoms with Gasteiger partial charge in [0.15, 0.2) is 0 Å². The summed E-state index contributed by atoms with van der Waals surface area (Å²) in [4.78, 5) is 0. The summed E-state index contributed by atoms with van der Waals surface area (Å²) < 4.78 is 0. The molecule has 0 unspecified atom stereocenters. The molecule has 0 spiro atoms. The molecular formula is C5H9ClPd-. The molecule has 0 aromatic rings. The molecule has 0 fully saturated rings. The molecule has 0 aliphatic carbocycles. The van der Waals surface area contributed by atoms with Crippen molar-refractivity contribution in [1.82, 2.24) is 0 Å². The predicted molar refractivity (Wildman–Crippen MR) is 24.8 cm³/mol. The van der Waals surface area contributed by atoms with Crippen LogP contribution in [0.3, 0.4) is 0 Å². The maximum absolute atomic E-state index is 3.52. The molecular weight excluding hydrogens is 202 g/mol. The maximum atomic E-state index is 3.52. The minimum absolute atomic E-state index is 0. The van der Waals surface area contributed by atoms with Crippen molar-refractivity contribution in [3.63, 3.8) is 0 Å². The molecule has 0 heterocycles. The van der Waals surface area contributed by atoms with Gasteiger partial charge in [-0.1, -0.05) is 19.9 Å². The molecule has 1 radical (unpaired) electrons. The first-order chi connectivity index (χ1) is 2.27. The Balaban J connectivity index is -0.0000000800. The molecule has 0 bridgehead atoms. The fraction of sp³-hybridized carbons (Fsp3) is 0.400. The van der Waals surface area contributed by atoms with E-state index in [1.165, 1.54) is 5.92 Å². The third-order valence-electron chi connectivity index (χ3n) is 0.408. The number of rotatable bonds is 1. The molecule has 2 heteroatoms. The van der Waals surface area contributed by atoms with Gasteiger partial charge in [0.2, 0.25) is 0 Å². The van der Waals surface area contributed by atoms with Crippen LogP contribution in [0.4, 0.5) is 0 Å². The van der Waals surface area contributed by atoms with Gasteiger partial charge in [-0.3, -0.25) is 0 Å². The molecule has 0 atom stereocenters. The monoisotopic (exact) mass is 210 g/mol. The van der Waals surface area contributed by atoms with Crippen molar-refractivity contribution in [2.75, 3.05) is 0 Å². The van der Waals surface area contributed by atoms with Crippen LogP contribution in [0, 0.1) is 5.92 Å². The van der Waals surface area contributed by atoms with Gasteiger partial charge in [0.05, 0.1) is 0 Å². The van der Waals surface area contributed by atoms with Crippen LogP contribution < -0.4 is 12.4 Å². The first-order valence-corrected chi connectivity index (χ1v) is 1.70. The average Bonchev–Trinajstić information content (AvgIpc) is 1.38. The molecule has 0 amide bonds. The number of halogens is 1. The van der Waals surface area contributed by atoms with Gasteiger partial charge in [-0.05, 0) is 5.92 Å². The Morgan fingerprint density at radius 3 is 1.57 bits per heavy atom. The SMILES string of the molecule is C=C[C](C)C.[Cl-].[Pd]. The predicted octanol–water partition coefficient (Wildman–Crippen LogP) is -1.21. The Morgan fingerprint density at radius 2 is 1.57 bits per heavy atom. The molecule has 0 nitrogen and oxygen atoms in total. The van der Waals surface area contributed by atoms with Crippen LogP contribution in [0.2, 0.25) is 0 Å². The largest absolute Gasteiger partial charge is 1.00 e. The Kier molecular flexibility index (Phi) is 22.0. The van der Waals surface area contributed by atoms with E-state index in [9.17, 15) is 0 Å². The molecule has 0 aliphatic rings. The minimum Gasteiger partial charge on any atom is -1.00 e. The summed E-state index contributed by atoms with van der Waals surface area (Å²) in [5.74, 6) is 1.27. The van der Waals surface area contributed by atoms with E-state index in [0.29, 0.717) is 0 Å².